The molecule has 2 atom stereocenters. The zero-order valence-corrected chi connectivity index (χ0v) is 52.2. The van der Waals surface area contributed by atoms with Crippen LogP contribution in [0.2, 0.25) is 0 Å². The maximum atomic E-state index is 12.5. The van der Waals surface area contributed by atoms with E-state index in [9.17, 15) is 19.8 Å². The number of hydrogen-bond acceptors (Lipinski definition) is 5. The number of esters is 1. The third-order valence-electron chi connectivity index (χ3n) is 16.5. The van der Waals surface area contributed by atoms with Gasteiger partial charge in [-0.1, -0.05) is 346 Å². The van der Waals surface area contributed by atoms with Gasteiger partial charge < -0.3 is 20.3 Å². The van der Waals surface area contributed by atoms with Crippen molar-refractivity contribution in [1.82, 2.24) is 5.32 Å². The Morgan fingerprint density at radius 3 is 0.922 bits per heavy atom. The molecule has 0 heterocycles. The monoisotopic (exact) mass is 1080 g/mol. The number of carbonyl (C=O) groups is 2. The number of rotatable bonds is 66. The summed E-state index contributed by atoms with van der Waals surface area (Å²) in [5.41, 5.74) is 0. The molecule has 0 aromatic heterocycles. The van der Waals surface area contributed by atoms with Crippen LogP contribution in [0.4, 0.5) is 0 Å². The number of unbranched alkanes of at least 4 members (excludes halogenated alkanes) is 53. The zero-order valence-electron chi connectivity index (χ0n) is 52.2. The van der Waals surface area contributed by atoms with E-state index < -0.39 is 12.1 Å². The number of aliphatic hydroxyl groups excluding tert-OH is 2. The number of hydrogen-bond donors (Lipinski definition) is 3. The second-order valence-corrected chi connectivity index (χ2v) is 24.2. The molecule has 0 aliphatic heterocycles. The standard InChI is InChI=1S/C71H137NO5/c1-3-5-7-9-11-13-15-17-19-32-37-41-45-49-53-57-61-65-71(76)77-66-62-58-54-50-46-42-38-34-31-29-27-25-23-21-20-22-24-26-28-30-33-36-40-44-48-52-56-60-64-70(75)72-68(67-73)69(74)63-59-55-51-47-43-39-35-18-16-14-12-10-8-6-4-2/h17,19,59,63,68-69,73-74H,3-16,18,20-58,60-62,64-67H2,1-2H3,(H,72,75)/b19-17-,63-59+. The summed E-state index contributed by atoms with van der Waals surface area (Å²) in [6, 6.07) is -0.625. The third kappa shape index (κ3) is 63.4. The Balaban J connectivity index is 3.34. The van der Waals surface area contributed by atoms with Crippen molar-refractivity contribution in [2.75, 3.05) is 13.2 Å². The second kappa shape index (κ2) is 66.8. The van der Waals surface area contributed by atoms with Gasteiger partial charge in [0, 0.05) is 12.8 Å². The molecule has 0 aliphatic rings. The predicted octanol–water partition coefficient (Wildman–Crippen LogP) is 22.5. The first-order valence-corrected chi connectivity index (χ1v) is 35.1. The first-order chi connectivity index (χ1) is 38.0. The van der Waals surface area contributed by atoms with Gasteiger partial charge in [-0.25, -0.2) is 0 Å². The van der Waals surface area contributed by atoms with Crippen LogP contribution in [0.3, 0.4) is 0 Å². The van der Waals surface area contributed by atoms with Gasteiger partial charge in [0.05, 0.1) is 25.4 Å². The number of nitrogens with one attached hydrogen (secondary N) is 1. The lowest BCUT2D eigenvalue weighted by atomic mass is 10.0. The summed E-state index contributed by atoms with van der Waals surface area (Å²) in [6.45, 7) is 4.93. The summed E-state index contributed by atoms with van der Waals surface area (Å²) < 4.78 is 5.50. The summed E-state index contributed by atoms with van der Waals surface area (Å²) in [5.74, 6) is -0.0466. The minimum atomic E-state index is -0.842. The van der Waals surface area contributed by atoms with E-state index in [2.05, 4.69) is 31.3 Å². The van der Waals surface area contributed by atoms with E-state index in [-0.39, 0.29) is 18.5 Å². The lowest BCUT2D eigenvalue weighted by molar-refractivity contribution is -0.143. The molecule has 77 heavy (non-hydrogen) atoms. The van der Waals surface area contributed by atoms with E-state index in [1.807, 2.05) is 6.08 Å². The van der Waals surface area contributed by atoms with E-state index in [4.69, 9.17) is 4.74 Å². The maximum absolute atomic E-state index is 12.5. The first kappa shape index (κ1) is 75.3. The van der Waals surface area contributed by atoms with Crippen molar-refractivity contribution in [3.05, 3.63) is 24.3 Å². The van der Waals surface area contributed by atoms with Gasteiger partial charge in [0.25, 0.3) is 0 Å². The predicted molar refractivity (Wildman–Crippen MR) is 338 cm³/mol. The van der Waals surface area contributed by atoms with E-state index in [0.29, 0.717) is 19.4 Å². The number of amides is 1. The van der Waals surface area contributed by atoms with Gasteiger partial charge in [-0.05, 0) is 57.8 Å². The summed E-state index contributed by atoms with van der Waals surface area (Å²) in [4.78, 5) is 24.6. The average molecular weight is 1080 g/mol. The Morgan fingerprint density at radius 1 is 0.351 bits per heavy atom. The molecule has 6 heteroatoms. The molecule has 0 aromatic rings. The average Bonchev–Trinajstić information content (AvgIpc) is 3.43. The number of aliphatic hydroxyl groups is 2. The Kier molecular flexibility index (Phi) is 65.4. The van der Waals surface area contributed by atoms with Crippen LogP contribution in [0.15, 0.2) is 24.3 Å². The molecule has 0 saturated carbocycles. The Hall–Kier alpha value is -1.66. The van der Waals surface area contributed by atoms with Crippen molar-refractivity contribution in [2.24, 2.45) is 0 Å². The fraction of sp³-hybridized carbons (Fsp3) is 0.915. The molecule has 0 spiro atoms. The molecule has 3 N–H and O–H groups in total. The second-order valence-electron chi connectivity index (χ2n) is 24.2. The minimum absolute atomic E-state index is 0.0158. The highest BCUT2D eigenvalue weighted by Gasteiger charge is 2.18. The third-order valence-corrected chi connectivity index (χ3v) is 16.5. The lowest BCUT2D eigenvalue weighted by Gasteiger charge is -2.20. The smallest absolute Gasteiger partial charge is 0.305 e. The Labute approximate surface area is 481 Å². The largest absolute Gasteiger partial charge is 0.466 e. The lowest BCUT2D eigenvalue weighted by Crippen LogP contribution is -2.45. The summed E-state index contributed by atoms with van der Waals surface area (Å²) in [6.07, 6.45) is 84.0. The highest BCUT2D eigenvalue weighted by molar-refractivity contribution is 5.76. The van der Waals surface area contributed by atoms with Crippen LogP contribution in [0, 0.1) is 0 Å². The van der Waals surface area contributed by atoms with Crippen LogP contribution in [-0.2, 0) is 14.3 Å². The number of allylic oxidation sites excluding steroid dienone is 3. The molecule has 0 bridgehead atoms. The molecule has 0 aromatic carbocycles. The number of ether oxygens (including phenoxy) is 1. The minimum Gasteiger partial charge on any atom is -0.466 e. The van der Waals surface area contributed by atoms with Gasteiger partial charge in [-0.2, -0.15) is 0 Å². The van der Waals surface area contributed by atoms with Crippen LogP contribution < -0.4 is 5.32 Å². The topological polar surface area (TPSA) is 95.9 Å². The van der Waals surface area contributed by atoms with Crippen molar-refractivity contribution < 1.29 is 24.5 Å². The Morgan fingerprint density at radius 2 is 0.610 bits per heavy atom. The summed E-state index contributed by atoms with van der Waals surface area (Å²) in [5, 5.41) is 23.2. The van der Waals surface area contributed by atoms with Crippen molar-refractivity contribution in [3.8, 4) is 0 Å². The highest BCUT2D eigenvalue weighted by Crippen LogP contribution is 2.19. The fourth-order valence-corrected chi connectivity index (χ4v) is 11.1. The van der Waals surface area contributed by atoms with Crippen LogP contribution in [0.25, 0.3) is 0 Å². The molecule has 2 unspecified atom stereocenters. The van der Waals surface area contributed by atoms with E-state index in [1.54, 1.807) is 6.08 Å². The number of carbonyl (C=O) groups excluding carboxylic acids is 2. The molecule has 0 rings (SSSR count). The Bertz CT molecular complexity index is 1200. The van der Waals surface area contributed by atoms with E-state index >= 15 is 0 Å². The summed E-state index contributed by atoms with van der Waals surface area (Å²) in [7, 11) is 0. The maximum Gasteiger partial charge on any atom is 0.305 e. The fourth-order valence-electron chi connectivity index (χ4n) is 11.1. The zero-order chi connectivity index (χ0) is 55.7. The molecule has 6 nitrogen and oxygen atoms in total. The van der Waals surface area contributed by atoms with Crippen molar-refractivity contribution in [3.63, 3.8) is 0 Å². The quantitative estimate of drug-likeness (QED) is 0.0320. The van der Waals surface area contributed by atoms with Crippen molar-refractivity contribution in [1.29, 1.82) is 0 Å². The SMILES string of the molecule is CCCCCCCC/C=C\CCCCCCCCCC(=O)OCCCCCCCCCCCCCCCCCCCCCCCCCCCCCCC(=O)NC(CO)C(O)/C=C/CCCCCCCCCCCCCCC. The summed E-state index contributed by atoms with van der Waals surface area (Å²) >= 11 is 0. The highest BCUT2D eigenvalue weighted by atomic mass is 16.5. The molecule has 0 aliphatic carbocycles. The molecule has 456 valence electrons. The van der Waals surface area contributed by atoms with Gasteiger partial charge in [-0.15, -0.1) is 0 Å². The van der Waals surface area contributed by atoms with Crippen LogP contribution >= 0.6 is 0 Å². The van der Waals surface area contributed by atoms with E-state index in [0.717, 1.165) is 44.9 Å². The van der Waals surface area contributed by atoms with Gasteiger partial charge in [0.1, 0.15) is 0 Å². The molecule has 0 saturated heterocycles. The van der Waals surface area contributed by atoms with Gasteiger partial charge in [0.15, 0.2) is 0 Å². The van der Waals surface area contributed by atoms with E-state index in [1.165, 1.54) is 321 Å². The van der Waals surface area contributed by atoms with Crippen molar-refractivity contribution >= 4 is 11.9 Å². The van der Waals surface area contributed by atoms with Crippen molar-refractivity contribution in [2.45, 2.75) is 405 Å². The van der Waals surface area contributed by atoms with Gasteiger partial charge in [-0.3, -0.25) is 9.59 Å². The normalized spacial score (nSPS) is 12.6. The molecular weight excluding hydrogens is 947 g/mol. The van der Waals surface area contributed by atoms with Crippen LogP contribution in [-0.4, -0.2) is 47.4 Å². The van der Waals surface area contributed by atoms with Gasteiger partial charge >= 0.3 is 5.97 Å². The molecular formula is C71H137NO5. The van der Waals surface area contributed by atoms with Gasteiger partial charge in [0.2, 0.25) is 5.91 Å². The van der Waals surface area contributed by atoms with Crippen LogP contribution in [0.1, 0.15) is 393 Å². The van der Waals surface area contributed by atoms with Crippen LogP contribution in [0.5, 0.6) is 0 Å². The molecule has 1 amide bonds. The molecule has 0 fully saturated rings. The molecule has 0 radical (unpaired) electrons. The first-order valence-electron chi connectivity index (χ1n) is 35.1.